The average molecular weight is 348 g/mol. The molecule has 2 aliphatic rings. The lowest BCUT2D eigenvalue weighted by molar-refractivity contribution is -0.141. The third kappa shape index (κ3) is 2.41. The molecule has 0 bridgehead atoms. The number of aryl methyl sites for hydroxylation is 1. The number of esters is 1. The van der Waals surface area contributed by atoms with Crippen LogP contribution in [0, 0.1) is 5.41 Å². The molecule has 0 fully saturated rings. The average Bonchev–Trinajstić information content (AvgIpc) is 2.98. The van der Waals surface area contributed by atoms with E-state index in [0.29, 0.717) is 0 Å². The molecule has 3 rings (SSSR count). The van der Waals surface area contributed by atoms with Crippen LogP contribution in [0.3, 0.4) is 0 Å². The lowest BCUT2D eigenvalue weighted by atomic mass is 9.71. The number of ether oxygens (including phenoxy) is 1. The van der Waals surface area contributed by atoms with E-state index in [1.807, 2.05) is 19.1 Å². The summed E-state index contributed by atoms with van der Waals surface area (Å²) in [6, 6.07) is 8.20. The molecule has 24 heavy (non-hydrogen) atoms. The normalized spacial score (nSPS) is 31.7. The Morgan fingerprint density at radius 2 is 1.83 bits per heavy atom. The highest BCUT2D eigenvalue weighted by molar-refractivity contribution is 7.88. The lowest BCUT2D eigenvalue weighted by Gasteiger charge is -2.36. The Morgan fingerprint density at radius 1 is 1.21 bits per heavy atom. The second-order valence-electron chi connectivity index (χ2n) is 6.58. The molecule has 0 spiro atoms. The van der Waals surface area contributed by atoms with Crippen molar-refractivity contribution in [2.75, 3.05) is 7.11 Å². The first-order chi connectivity index (χ1) is 11.2. The highest BCUT2D eigenvalue weighted by Gasteiger charge is 2.51. The lowest BCUT2D eigenvalue weighted by Crippen LogP contribution is -2.46. The Bertz CT molecular complexity index is 821. The first-order valence-electron chi connectivity index (χ1n) is 7.77. The number of fused-ring (bicyclic) bond motifs is 1. The van der Waals surface area contributed by atoms with Gasteiger partial charge in [0.2, 0.25) is 4.75 Å². The fourth-order valence-corrected chi connectivity index (χ4v) is 4.50. The molecule has 0 radical (unpaired) electrons. The van der Waals surface area contributed by atoms with E-state index in [4.69, 9.17) is 0 Å². The van der Waals surface area contributed by atoms with Crippen molar-refractivity contribution >= 4 is 16.1 Å². The van der Waals surface area contributed by atoms with Gasteiger partial charge >= 0.3 is 5.97 Å². The molecule has 6 heteroatoms. The van der Waals surface area contributed by atoms with Crippen LogP contribution in [-0.4, -0.2) is 30.8 Å². The summed E-state index contributed by atoms with van der Waals surface area (Å²) in [6.45, 7) is 2.00. The highest BCUT2D eigenvalue weighted by atomic mass is 32.2. The number of carbonyl (C=O) groups excluding carboxylic acids is 1. The van der Waals surface area contributed by atoms with Crippen LogP contribution in [0.1, 0.15) is 30.4 Å². The molecule has 0 aliphatic heterocycles. The number of hydrogen-bond acceptors (Lipinski definition) is 4. The van der Waals surface area contributed by atoms with Gasteiger partial charge in [-0.2, -0.15) is 8.42 Å². The largest absolute Gasteiger partial charge is 0.467 e. The van der Waals surface area contributed by atoms with Gasteiger partial charge in [0, 0.05) is 5.41 Å². The number of methoxy groups -OCH3 is 1. The fourth-order valence-electron chi connectivity index (χ4n) is 3.73. The standard InChI is InChI=1S/C18H20O5S/c1-17(15-8-7-13-5-3-4-6-14(13)15)9-11-18(12-10-17,16(19)23-2)24(20,21)22/h3-6,9-12,15H,7-8H2,1-2H3,(H,20,21,22). The molecule has 1 aromatic carbocycles. The van der Waals surface area contributed by atoms with E-state index in [9.17, 15) is 17.8 Å². The molecule has 0 saturated heterocycles. The van der Waals surface area contributed by atoms with Crippen LogP contribution in [-0.2, 0) is 26.1 Å². The topological polar surface area (TPSA) is 80.7 Å². The minimum Gasteiger partial charge on any atom is -0.467 e. The van der Waals surface area contributed by atoms with Crippen LogP contribution >= 0.6 is 0 Å². The number of carbonyl (C=O) groups is 1. The van der Waals surface area contributed by atoms with Gasteiger partial charge in [-0.1, -0.05) is 43.3 Å². The summed E-state index contributed by atoms with van der Waals surface area (Å²) in [7, 11) is -3.59. The summed E-state index contributed by atoms with van der Waals surface area (Å²) in [5.74, 6) is -0.829. The van der Waals surface area contributed by atoms with Crippen molar-refractivity contribution in [3.63, 3.8) is 0 Å². The molecule has 0 heterocycles. The highest BCUT2D eigenvalue weighted by Crippen LogP contribution is 2.49. The van der Waals surface area contributed by atoms with Crippen molar-refractivity contribution in [3.8, 4) is 0 Å². The summed E-state index contributed by atoms with van der Waals surface area (Å²) in [5, 5.41) is 0. The maximum Gasteiger partial charge on any atom is 0.337 e. The summed E-state index contributed by atoms with van der Waals surface area (Å²) in [4.78, 5) is 12.0. The molecule has 0 amide bonds. The predicted molar refractivity (Wildman–Crippen MR) is 90.2 cm³/mol. The quantitative estimate of drug-likeness (QED) is 0.516. The Kier molecular flexibility index (Phi) is 3.92. The van der Waals surface area contributed by atoms with E-state index in [0.717, 1.165) is 20.0 Å². The van der Waals surface area contributed by atoms with Gasteiger partial charge in [-0.3, -0.25) is 4.55 Å². The van der Waals surface area contributed by atoms with Crippen molar-refractivity contribution in [2.24, 2.45) is 5.41 Å². The SMILES string of the molecule is COC(=O)C1(S(=O)(=O)O)C=CC(C)(C2CCc3ccccc32)C=C1. The molecule has 1 N–H and O–H groups in total. The molecule has 0 aromatic heterocycles. The summed E-state index contributed by atoms with van der Waals surface area (Å²) >= 11 is 0. The van der Waals surface area contributed by atoms with E-state index in [2.05, 4.69) is 16.9 Å². The van der Waals surface area contributed by atoms with Gasteiger partial charge in [0.05, 0.1) is 7.11 Å². The molecule has 0 saturated carbocycles. The molecule has 5 nitrogen and oxygen atoms in total. The molecule has 1 atom stereocenters. The molecule has 1 aromatic rings. The van der Waals surface area contributed by atoms with Gasteiger partial charge in [0.15, 0.2) is 0 Å². The van der Waals surface area contributed by atoms with E-state index in [1.165, 1.54) is 23.3 Å². The van der Waals surface area contributed by atoms with Crippen molar-refractivity contribution in [2.45, 2.75) is 30.4 Å². The zero-order valence-electron chi connectivity index (χ0n) is 13.6. The van der Waals surface area contributed by atoms with E-state index in [1.54, 1.807) is 12.2 Å². The van der Waals surface area contributed by atoms with Crippen LogP contribution in [0.4, 0.5) is 0 Å². The zero-order valence-corrected chi connectivity index (χ0v) is 14.4. The maximum atomic E-state index is 12.0. The monoisotopic (exact) mass is 348 g/mol. The van der Waals surface area contributed by atoms with Crippen LogP contribution in [0.15, 0.2) is 48.6 Å². The molecule has 1 unspecified atom stereocenters. The van der Waals surface area contributed by atoms with Crippen LogP contribution in [0.25, 0.3) is 0 Å². The van der Waals surface area contributed by atoms with Gasteiger partial charge < -0.3 is 4.74 Å². The van der Waals surface area contributed by atoms with Gasteiger partial charge in [0.1, 0.15) is 0 Å². The second-order valence-corrected chi connectivity index (χ2v) is 8.21. The Hall–Kier alpha value is -1.92. The van der Waals surface area contributed by atoms with Crippen molar-refractivity contribution in [1.29, 1.82) is 0 Å². The van der Waals surface area contributed by atoms with Gasteiger partial charge in [-0.25, -0.2) is 4.79 Å². The summed E-state index contributed by atoms with van der Waals surface area (Å²) in [6.07, 6.45) is 7.80. The molecule has 128 valence electrons. The molecule has 2 aliphatic carbocycles. The van der Waals surface area contributed by atoms with Crippen molar-refractivity contribution < 1.29 is 22.5 Å². The van der Waals surface area contributed by atoms with Crippen LogP contribution < -0.4 is 0 Å². The van der Waals surface area contributed by atoms with Gasteiger partial charge in [0.25, 0.3) is 10.1 Å². The minimum absolute atomic E-state index is 0.193. The maximum absolute atomic E-state index is 12.0. The Labute approximate surface area is 141 Å². The van der Waals surface area contributed by atoms with Gasteiger partial charge in [-0.05, 0) is 42.0 Å². The fraction of sp³-hybridized carbons (Fsp3) is 0.389. The number of benzene rings is 1. The number of rotatable bonds is 3. The third-order valence-corrected chi connectivity index (χ3v) is 6.49. The summed E-state index contributed by atoms with van der Waals surface area (Å²) in [5.41, 5.74) is 2.10. The third-order valence-electron chi connectivity index (χ3n) is 5.20. The van der Waals surface area contributed by atoms with Crippen LogP contribution in [0.5, 0.6) is 0 Å². The minimum atomic E-state index is -4.68. The Balaban J connectivity index is 2.01. The van der Waals surface area contributed by atoms with Crippen molar-refractivity contribution in [3.05, 3.63) is 59.7 Å². The van der Waals surface area contributed by atoms with E-state index in [-0.39, 0.29) is 5.92 Å². The van der Waals surface area contributed by atoms with E-state index >= 15 is 0 Å². The smallest absolute Gasteiger partial charge is 0.337 e. The second kappa shape index (κ2) is 5.57. The van der Waals surface area contributed by atoms with Crippen LogP contribution in [0.2, 0.25) is 0 Å². The number of hydrogen-bond donors (Lipinski definition) is 1. The van der Waals surface area contributed by atoms with Crippen molar-refractivity contribution in [1.82, 2.24) is 0 Å². The summed E-state index contributed by atoms with van der Waals surface area (Å²) < 4.78 is 35.6. The first kappa shape index (κ1) is 16.9. The van der Waals surface area contributed by atoms with E-state index < -0.39 is 26.2 Å². The first-order valence-corrected chi connectivity index (χ1v) is 9.21. The Morgan fingerprint density at radius 3 is 2.42 bits per heavy atom. The molecular formula is C18H20O5S. The zero-order chi connectivity index (χ0) is 17.6. The molecular weight excluding hydrogens is 328 g/mol. The van der Waals surface area contributed by atoms with Gasteiger partial charge in [-0.15, -0.1) is 0 Å². The predicted octanol–water partition coefficient (Wildman–Crippen LogP) is 2.65. The number of allylic oxidation sites excluding steroid dienone is 2.